The number of alkyl halides is 3. The Morgan fingerprint density at radius 1 is 1.10 bits per heavy atom. The minimum atomic E-state index is -4.23. The molecule has 1 aromatic carbocycles. The molecule has 0 bridgehead atoms. The number of carbonyl (C=O) groups excluding carboxylic acids is 1. The Labute approximate surface area is 179 Å². The van der Waals surface area contributed by atoms with Gasteiger partial charge in [-0.2, -0.15) is 13.2 Å². The van der Waals surface area contributed by atoms with Gasteiger partial charge in [0, 0.05) is 29.6 Å². The zero-order valence-electron chi connectivity index (χ0n) is 17.5. The van der Waals surface area contributed by atoms with Gasteiger partial charge in [-0.15, -0.1) is 0 Å². The summed E-state index contributed by atoms with van der Waals surface area (Å²) >= 11 is 0. The number of pyridine rings is 1. The first-order valence-corrected chi connectivity index (χ1v) is 10.9. The van der Waals surface area contributed by atoms with Gasteiger partial charge < -0.3 is 15.4 Å². The van der Waals surface area contributed by atoms with Gasteiger partial charge in [0.25, 0.3) is 0 Å². The largest absolute Gasteiger partial charge is 0.488 e. The lowest BCUT2D eigenvalue weighted by Gasteiger charge is -2.37. The maximum atomic E-state index is 12.7. The Morgan fingerprint density at radius 3 is 2.48 bits per heavy atom. The molecule has 31 heavy (non-hydrogen) atoms. The molecule has 0 saturated heterocycles. The summed E-state index contributed by atoms with van der Waals surface area (Å²) in [6, 6.07) is 8.07. The molecule has 0 spiro atoms. The topological polar surface area (TPSA) is 63.2 Å². The number of fused-ring (bicyclic) bond motifs is 1. The molecule has 5 nitrogen and oxygen atoms in total. The molecular formula is C23H28F3N3O2. The van der Waals surface area contributed by atoms with Crippen molar-refractivity contribution in [1.82, 2.24) is 15.6 Å². The number of benzene rings is 1. The van der Waals surface area contributed by atoms with E-state index in [9.17, 15) is 18.0 Å². The van der Waals surface area contributed by atoms with Gasteiger partial charge in [0.1, 0.15) is 23.4 Å². The fourth-order valence-corrected chi connectivity index (χ4v) is 4.40. The lowest BCUT2D eigenvalue weighted by Crippen LogP contribution is -2.50. The maximum Gasteiger partial charge on any atom is 0.403 e. The number of nitrogens with one attached hydrogen (secondary N) is 2. The highest BCUT2D eigenvalue weighted by atomic mass is 19.4. The molecule has 2 aliphatic rings. The van der Waals surface area contributed by atoms with Gasteiger partial charge in [-0.3, -0.25) is 9.78 Å². The molecule has 1 amide bonds. The minimum Gasteiger partial charge on any atom is -0.488 e. The SMILES string of the molecule is CC(N[C@H]1CC[C@H](NC(=O)[C@H]2C[C@H](Oc3cccc4cccnc34)C2)CC1)C(F)(F)F. The van der Waals surface area contributed by atoms with E-state index in [1.54, 1.807) is 6.20 Å². The second-order valence-corrected chi connectivity index (χ2v) is 8.73. The van der Waals surface area contributed by atoms with Gasteiger partial charge >= 0.3 is 6.18 Å². The number of aromatic nitrogens is 1. The molecule has 0 aliphatic heterocycles. The Hall–Kier alpha value is -2.35. The number of halogens is 3. The molecule has 2 saturated carbocycles. The Kier molecular flexibility index (Phi) is 6.36. The molecule has 1 aromatic heterocycles. The van der Waals surface area contributed by atoms with E-state index in [2.05, 4.69) is 15.6 Å². The molecule has 4 rings (SSSR count). The molecule has 168 valence electrons. The number of hydrogen-bond acceptors (Lipinski definition) is 4. The van der Waals surface area contributed by atoms with Gasteiger partial charge in [-0.1, -0.05) is 18.2 Å². The molecule has 2 N–H and O–H groups in total. The number of ether oxygens (including phenoxy) is 1. The van der Waals surface area contributed by atoms with Gasteiger partial charge in [0.2, 0.25) is 5.91 Å². The van der Waals surface area contributed by atoms with E-state index in [1.807, 2.05) is 30.3 Å². The molecule has 8 heteroatoms. The predicted octanol–water partition coefficient (Wildman–Crippen LogP) is 4.36. The van der Waals surface area contributed by atoms with Crippen molar-refractivity contribution in [3.05, 3.63) is 36.5 Å². The summed E-state index contributed by atoms with van der Waals surface area (Å²) in [6.45, 7) is 1.15. The fourth-order valence-electron chi connectivity index (χ4n) is 4.40. The van der Waals surface area contributed by atoms with Crippen molar-refractivity contribution in [3.63, 3.8) is 0 Å². The summed E-state index contributed by atoms with van der Waals surface area (Å²) < 4.78 is 44.2. The summed E-state index contributed by atoms with van der Waals surface area (Å²) in [6.07, 6.45) is 1.49. The van der Waals surface area contributed by atoms with Crippen molar-refractivity contribution in [2.75, 3.05) is 0 Å². The summed E-state index contributed by atoms with van der Waals surface area (Å²) in [5.74, 6) is 0.686. The highest BCUT2D eigenvalue weighted by Gasteiger charge is 2.39. The molecule has 2 aromatic rings. The Morgan fingerprint density at radius 2 is 1.77 bits per heavy atom. The van der Waals surface area contributed by atoms with E-state index < -0.39 is 12.2 Å². The number of para-hydroxylation sites is 1. The van der Waals surface area contributed by atoms with E-state index in [-0.39, 0.29) is 30.0 Å². The van der Waals surface area contributed by atoms with Crippen LogP contribution in [0.5, 0.6) is 5.75 Å². The number of hydrogen-bond donors (Lipinski definition) is 2. The van der Waals surface area contributed by atoms with Gasteiger partial charge in [-0.25, -0.2) is 0 Å². The quantitative estimate of drug-likeness (QED) is 0.708. The average Bonchev–Trinajstić information content (AvgIpc) is 2.71. The monoisotopic (exact) mass is 435 g/mol. The normalized spacial score (nSPS) is 27.4. The third-order valence-electron chi connectivity index (χ3n) is 6.41. The minimum absolute atomic E-state index is 0.00727. The van der Waals surface area contributed by atoms with Crippen LogP contribution in [0.25, 0.3) is 10.9 Å². The Bertz CT molecular complexity index is 901. The Balaban J connectivity index is 1.19. The second-order valence-electron chi connectivity index (χ2n) is 8.73. The van der Waals surface area contributed by atoms with Gasteiger partial charge in [0.15, 0.2) is 0 Å². The van der Waals surface area contributed by atoms with E-state index in [4.69, 9.17) is 4.74 Å². The smallest absolute Gasteiger partial charge is 0.403 e. The third-order valence-corrected chi connectivity index (χ3v) is 6.41. The van der Waals surface area contributed by atoms with Crippen LogP contribution in [0.2, 0.25) is 0 Å². The number of amides is 1. The molecule has 0 radical (unpaired) electrons. The lowest BCUT2D eigenvalue weighted by atomic mass is 9.81. The molecule has 1 unspecified atom stereocenters. The number of carbonyl (C=O) groups is 1. The highest BCUT2D eigenvalue weighted by molar-refractivity contribution is 5.84. The lowest BCUT2D eigenvalue weighted by molar-refractivity contribution is -0.153. The van der Waals surface area contributed by atoms with Gasteiger partial charge in [0.05, 0.1) is 0 Å². The van der Waals surface area contributed by atoms with E-state index >= 15 is 0 Å². The molecule has 2 fully saturated rings. The highest BCUT2D eigenvalue weighted by Crippen LogP contribution is 2.34. The van der Waals surface area contributed by atoms with E-state index in [1.165, 1.54) is 0 Å². The number of nitrogens with zero attached hydrogens (tertiary/aromatic N) is 1. The second kappa shape index (κ2) is 9.02. The summed E-state index contributed by atoms with van der Waals surface area (Å²) in [5, 5.41) is 6.76. The van der Waals surface area contributed by atoms with Crippen molar-refractivity contribution >= 4 is 16.8 Å². The van der Waals surface area contributed by atoms with Gasteiger partial charge in [-0.05, 0) is 57.6 Å². The summed E-state index contributed by atoms with van der Waals surface area (Å²) in [5.41, 5.74) is 0.822. The molecule has 1 atom stereocenters. The molecule has 1 heterocycles. The first kappa shape index (κ1) is 21.9. The van der Waals surface area contributed by atoms with Crippen LogP contribution in [0.4, 0.5) is 13.2 Å². The van der Waals surface area contributed by atoms with Crippen molar-refractivity contribution in [3.8, 4) is 5.75 Å². The summed E-state index contributed by atoms with van der Waals surface area (Å²) in [4.78, 5) is 16.9. The predicted molar refractivity (Wildman–Crippen MR) is 112 cm³/mol. The van der Waals surface area contributed by atoms with Crippen LogP contribution >= 0.6 is 0 Å². The van der Waals surface area contributed by atoms with Crippen LogP contribution in [0.3, 0.4) is 0 Å². The van der Waals surface area contributed by atoms with Crippen molar-refractivity contribution in [2.24, 2.45) is 5.92 Å². The van der Waals surface area contributed by atoms with Crippen LogP contribution in [-0.4, -0.2) is 41.3 Å². The maximum absolute atomic E-state index is 12.7. The molecular weight excluding hydrogens is 407 g/mol. The van der Waals surface area contributed by atoms with Crippen molar-refractivity contribution < 1.29 is 22.7 Å². The van der Waals surface area contributed by atoms with Crippen molar-refractivity contribution in [1.29, 1.82) is 0 Å². The summed E-state index contributed by atoms with van der Waals surface area (Å²) in [7, 11) is 0. The van der Waals surface area contributed by atoms with E-state index in [0.717, 1.165) is 23.6 Å². The molecule has 2 aliphatic carbocycles. The van der Waals surface area contributed by atoms with Crippen LogP contribution in [-0.2, 0) is 4.79 Å². The first-order valence-electron chi connectivity index (χ1n) is 10.9. The average molecular weight is 435 g/mol. The van der Waals surface area contributed by atoms with Crippen LogP contribution < -0.4 is 15.4 Å². The zero-order chi connectivity index (χ0) is 22.0. The van der Waals surface area contributed by atoms with Crippen LogP contribution in [0.15, 0.2) is 36.5 Å². The standard InChI is InChI=1S/C23H28F3N3O2/c1-14(23(24,25)26)28-17-7-9-18(10-8-17)29-22(30)16-12-19(13-16)31-20-6-2-4-15-5-3-11-27-21(15)20/h2-6,11,14,16-19,28H,7-10,12-13H2,1H3,(H,29,30)/t14?,16-,17-,18-,19-. The zero-order valence-corrected chi connectivity index (χ0v) is 17.5. The fraction of sp³-hybridized carbons (Fsp3) is 0.565. The van der Waals surface area contributed by atoms with Crippen LogP contribution in [0.1, 0.15) is 45.4 Å². The van der Waals surface area contributed by atoms with E-state index in [0.29, 0.717) is 38.5 Å². The first-order chi connectivity index (χ1) is 14.8. The van der Waals surface area contributed by atoms with Crippen molar-refractivity contribution in [2.45, 2.75) is 75.9 Å². The third kappa shape index (κ3) is 5.29. The number of rotatable bonds is 6. The van der Waals surface area contributed by atoms with Crippen LogP contribution in [0, 0.1) is 5.92 Å².